The fourth-order valence-electron chi connectivity index (χ4n) is 3.38. The number of rotatable bonds is 9. The van der Waals surface area contributed by atoms with Crippen LogP contribution in [0.15, 0.2) is 60.7 Å². The molecular weight excluding hydrogens is 456 g/mol. The largest absolute Gasteiger partial charge is 0.573 e. The minimum Gasteiger partial charge on any atom is -0.497 e. The van der Waals surface area contributed by atoms with Crippen LogP contribution < -0.4 is 14.2 Å². The maximum absolute atomic E-state index is 14.4. The number of carbonyl (C=O) groups is 1. The second-order valence-electron chi connectivity index (χ2n) is 7.58. The van der Waals surface area contributed by atoms with Gasteiger partial charge in [0.15, 0.2) is 0 Å². The molecule has 1 atom stereocenters. The van der Waals surface area contributed by atoms with Crippen molar-refractivity contribution in [1.29, 1.82) is 0 Å². The first-order chi connectivity index (χ1) is 16.1. The molecule has 3 aromatic rings. The molecule has 3 aromatic carbocycles. The third-order valence-electron chi connectivity index (χ3n) is 5.05. The van der Waals surface area contributed by atoms with Gasteiger partial charge in [-0.15, -0.1) is 13.2 Å². The predicted molar refractivity (Wildman–Crippen MR) is 117 cm³/mol. The molecule has 0 heterocycles. The second kappa shape index (κ2) is 10.5. The molecule has 1 N–H and O–H groups in total. The highest BCUT2D eigenvalue weighted by Gasteiger charge is 2.32. The lowest BCUT2D eigenvalue weighted by molar-refractivity contribution is -0.274. The van der Waals surface area contributed by atoms with Crippen LogP contribution >= 0.6 is 0 Å². The van der Waals surface area contributed by atoms with Crippen LogP contribution in [0.2, 0.25) is 0 Å². The van der Waals surface area contributed by atoms with Crippen molar-refractivity contribution in [1.82, 2.24) is 0 Å². The van der Waals surface area contributed by atoms with Crippen LogP contribution in [-0.4, -0.2) is 24.5 Å². The minimum atomic E-state index is -4.99. The average molecular weight is 478 g/mol. The lowest BCUT2D eigenvalue weighted by Crippen LogP contribution is -2.18. The number of aliphatic carboxylic acids is 1. The Morgan fingerprint density at radius 2 is 1.76 bits per heavy atom. The summed E-state index contributed by atoms with van der Waals surface area (Å²) in [7, 11) is 1.36. The number of alkyl halides is 3. The Morgan fingerprint density at radius 3 is 2.44 bits per heavy atom. The van der Waals surface area contributed by atoms with Gasteiger partial charge in [0.25, 0.3) is 0 Å². The van der Waals surface area contributed by atoms with Gasteiger partial charge in [-0.05, 0) is 53.4 Å². The molecule has 3 rings (SSSR count). The van der Waals surface area contributed by atoms with Crippen molar-refractivity contribution in [3.05, 3.63) is 77.6 Å². The molecule has 0 aliphatic rings. The van der Waals surface area contributed by atoms with Crippen molar-refractivity contribution in [2.45, 2.75) is 32.2 Å². The zero-order valence-electron chi connectivity index (χ0n) is 18.4. The van der Waals surface area contributed by atoms with Crippen molar-refractivity contribution in [3.8, 4) is 28.4 Å². The summed E-state index contributed by atoms with van der Waals surface area (Å²) in [6.07, 6.45) is -5.04. The molecule has 0 amide bonds. The van der Waals surface area contributed by atoms with Crippen LogP contribution in [0.5, 0.6) is 17.2 Å². The van der Waals surface area contributed by atoms with E-state index in [1.54, 1.807) is 31.2 Å². The van der Waals surface area contributed by atoms with Crippen molar-refractivity contribution in [3.63, 3.8) is 0 Å². The Bertz CT molecular complexity index is 1160. The molecule has 5 nitrogen and oxygen atoms in total. The topological polar surface area (TPSA) is 65.0 Å². The molecule has 0 radical (unpaired) electrons. The number of hydrogen-bond acceptors (Lipinski definition) is 4. The minimum absolute atomic E-state index is 0.0517. The van der Waals surface area contributed by atoms with Gasteiger partial charge in [0, 0.05) is 11.1 Å². The van der Waals surface area contributed by atoms with Crippen LogP contribution in [0, 0.1) is 5.82 Å². The standard InChI is InChI=1S/C25H22F4O5/c1-15(10-24(30)31)17-4-3-5-19(12-17)33-14-16-6-8-20(23(11-16)34-25(27,28)29)21-13-18(32-2)7-9-22(21)26/h3-9,11-13,15H,10,14H2,1-2H3,(H,30,31)/t15-/m0/s1. The van der Waals surface area contributed by atoms with Gasteiger partial charge < -0.3 is 19.3 Å². The van der Waals surface area contributed by atoms with Gasteiger partial charge in [-0.3, -0.25) is 4.79 Å². The normalized spacial score (nSPS) is 12.2. The van der Waals surface area contributed by atoms with E-state index in [4.69, 9.17) is 14.6 Å². The predicted octanol–water partition coefficient (Wildman–Crippen LogP) is 6.56. The first-order valence-corrected chi connectivity index (χ1v) is 10.2. The maximum Gasteiger partial charge on any atom is 0.573 e. The summed E-state index contributed by atoms with van der Waals surface area (Å²) in [5.74, 6) is -1.78. The summed E-state index contributed by atoms with van der Waals surface area (Å²) in [4.78, 5) is 10.9. The van der Waals surface area contributed by atoms with E-state index < -0.39 is 23.9 Å². The number of ether oxygens (including phenoxy) is 3. The van der Waals surface area contributed by atoms with Crippen molar-refractivity contribution in [2.24, 2.45) is 0 Å². The van der Waals surface area contributed by atoms with E-state index in [2.05, 4.69) is 4.74 Å². The second-order valence-corrected chi connectivity index (χ2v) is 7.58. The highest BCUT2D eigenvalue weighted by Crippen LogP contribution is 2.37. The Morgan fingerprint density at radius 1 is 1.00 bits per heavy atom. The highest BCUT2D eigenvalue weighted by atomic mass is 19.4. The van der Waals surface area contributed by atoms with Crippen LogP contribution in [0.25, 0.3) is 11.1 Å². The first kappa shape index (κ1) is 24.9. The summed E-state index contributed by atoms with van der Waals surface area (Å²) >= 11 is 0. The van der Waals surface area contributed by atoms with Crippen LogP contribution in [-0.2, 0) is 11.4 Å². The van der Waals surface area contributed by atoms with Gasteiger partial charge in [-0.1, -0.05) is 31.2 Å². The molecule has 9 heteroatoms. The Hall–Kier alpha value is -3.75. The molecule has 0 unspecified atom stereocenters. The highest BCUT2D eigenvalue weighted by molar-refractivity contribution is 5.72. The van der Waals surface area contributed by atoms with Crippen molar-refractivity contribution >= 4 is 5.97 Å². The van der Waals surface area contributed by atoms with Crippen LogP contribution in [0.3, 0.4) is 0 Å². The van der Waals surface area contributed by atoms with E-state index in [1.807, 2.05) is 0 Å². The maximum atomic E-state index is 14.4. The molecule has 0 aliphatic heterocycles. The molecule has 0 saturated carbocycles. The van der Waals surface area contributed by atoms with Crippen LogP contribution in [0.4, 0.5) is 17.6 Å². The van der Waals surface area contributed by atoms with Gasteiger partial charge in [0.2, 0.25) is 0 Å². The molecule has 34 heavy (non-hydrogen) atoms. The molecular formula is C25H22F4O5. The summed E-state index contributed by atoms with van der Waals surface area (Å²) in [6.45, 7) is 1.68. The van der Waals surface area contributed by atoms with Crippen molar-refractivity contribution < 1.29 is 41.7 Å². The van der Waals surface area contributed by atoms with Gasteiger partial charge in [-0.2, -0.15) is 0 Å². The lowest BCUT2D eigenvalue weighted by Gasteiger charge is -2.16. The number of halogens is 4. The van der Waals surface area contributed by atoms with E-state index in [-0.39, 0.29) is 35.8 Å². The monoisotopic (exact) mass is 478 g/mol. The lowest BCUT2D eigenvalue weighted by atomic mass is 9.98. The third-order valence-corrected chi connectivity index (χ3v) is 5.05. The number of methoxy groups -OCH3 is 1. The average Bonchev–Trinajstić information content (AvgIpc) is 2.77. The summed E-state index contributed by atoms with van der Waals surface area (Å²) in [5, 5.41) is 8.97. The summed E-state index contributed by atoms with van der Waals surface area (Å²) in [5.41, 5.74) is 0.910. The van der Waals surface area contributed by atoms with Gasteiger partial charge >= 0.3 is 12.3 Å². The Labute approximate surface area is 193 Å². The van der Waals surface area contributed by atoms with Crippen molar-refractivity contribution in [2.75, 3.05) is 7.11 Å². The molecule has 0 bridgehead atoms. The van der Waals surface area contributed by atoms with Crippen LogP contribution in [0.1, 0.15) is 30.4 Å². The van der Waals surface area contributed by atoms with Gasteiger partial charge in [0.05, 0.1) is 13.5 Å². The van der Waals surface area contributed by atoms with Gasteiger partial charge in [-0.25, -0.2) is 4.39 Å². The van der Waals surface area contributed by atoms with E-state index in [0.29, 0.717) is 11.3 Å². The summed E-state index contributed by atoms with van der Waals surface area (Å²) < 4.78 is 68.5. The Balaban J connectivity index is 1.87. The molecule has 0 spiro atoms. The Kier molecular flexibility index (Phi) is 7.65. The van der Waals surface area contributed by atoms with E-state index in [0.717, 1.165) is 17.7 Å². The zero-order chi connectivity index (χ0) is 24.9. The smallest absolute Gasteiger partial charge is 0.497 e. The number of carboxylic acid groups (broad SMARTS) is 1. The third kappa shape index (κ3) is 6.63. The zero-order valence-corrected chi connectivity index (χ0v) is 18.4. The molecule has 0 aromatic heterocycles. The SMILES string of the molecule is COc1ccc(F)c(-c2ccc(COc3cccc([C@@H](C)CC(=O)O)c3)cc2OC(F)(F)F)c1. The quantitative estimate of drug-likeness (QED) is 0.353. The number of carboxylic acids is 1. The van der Waals surface area contributed by atoms with E-state index in [9.17, 15) is 22.4 Å². The fourth-order valence-corrected chi connectivity index (χ4v) is 3.38. The molecule has 180 valence electrons. The first-order valence-electron chi connectivity index (χ1n) is 10.2. The molecule has 0 fully saturated rings. The van der Waals surface area contributed by atoms with E-state index in [1.165, 1.54) is 31.4 Å². The van der Waals surface area contributed by atoms with Gasteiger partial charge in [0.1, 0.15) is 29.7 Å². The molecule has 0 aliphatic carbocycles. The summed E-state index contributed by atoms with van der Waals surface area (Å²) in [6, 6.07) is 14.5. The van der Waals surface area contributed by atoms with E-state index >= 15 is 0 Å². The molecule has 0 saturated heterocycles. The number of benzene rings is 3. The fraction of sp³-hybridized carbons (Fsp3) is 0.240. The number of hydrogen-bond donors (Lipinski definition) is 1.